The van der Waals surface area contributed by atoms with E-state index >= 15 is 0 Å². The first kappa shape index (κ1) is 56.8. The smallest absolute Gasteiger partial charge is 0.509 e. The van der Waals surface area contributed by atoms with Crippen LogP contribution >= 0.6 is 0 Å². The van der Waals surface area contributed by atoms with E-state index in [4.69, 9.17) is 9.72 Å². The third-order valence-corrected chi connectivity index (χ3v) is 15.8. The Morgan fingerprint density at radius 1 is 0.429 bits per heavy atom. The van der Waals surface area contributed by atoms with Crippen LogP contribution in [0.4, 0.5) is 22.7 Å². The van der Waals surface area contributed by atoms with Gasteiger partial charge in [-0.2, -0.15) is 6.07 Å². The van der Waals surface area contributed by atoms with Crippen molar-refractivity contribution in [3.05, 3.63) is 229 Å². The average Bonchev–Trinajstić information content (AvgIpc) is 3.91. The van der Waals surface area contributed by atoms with Gasteiger partial charge in [-0.05, 0) is 108 Å². The first-order chi connectivity index (χ1) is 35.2. The van der Waals surface area contributed by atoms with Gasteiger partial charge >= 0.3 is 21.1 Å². The Morgan fingerprint density at radius 2 is 0.961 bits per heavy atom. The van der Waals surface area contributed by atoms with Gasteiger partial charge in [0.15, 0.2) is 0 Å². The van der Waals surface area contributed by atoms with Gasteiger partial charge in [-0.3, -0.25) is 0 Å². The van der Waals surface area contributed by atoms with Crippen molar-refractivity contribution in [2.45, 2.75) is 143 Å². The van der Waals surface area contributed by atoms with Crippen LogP contribution in [0.2, 0.25) is 0 Å². The molecule has 0 bridgehead atoms. The van der Waals surface area contributed by atoms with Gasteiger partial charge in [0.25, 0.3) is 0 Å². The molecule has 0 N–H and O–H groups in total. The van der Waals surface area contributed by atoms with E-state index in [2.05, 4.69) is 290 Å². The normalized spacial score (nSPS) is 13.4. The minimum Gasteiger partial charge on any atom is -0.509 e. The Morgan fingerprint density at radius 3 is 1.53 bits per heavy atom. The first-order valence-corrected chi connectivity index (χ1v) is 26.8. The molecule has 9 aromatic rings. The average molecular weight is 1200 g/mol. The van der Waals surface area contributed by atoms with Crippen LogP contribution in [-0.2, 0) is 53.6 Å². The van der Waals surface area contributed by atoms with E-state index in [-0.39, 0.29) is 61.0 Å². The van der Waals surface area contributed by atoms with E-state index < -0.39 is 0 Å². The molecule has 77 heavy (non-hydrogen) atoms. The maximum atomic E-state index is 7.02. The molecule has 0 aliphatic carbocycles. The van der Waals surface area contributed by atoms with Crippen LogP contribution in [0.15, 0.2) is 158 Å². The molecule has 7 aromatic carbocycles. The van der Waals surface area contributed by atoms with E-state index in [1.165, 1.54) is 38.9 Å². The Kier molecular flexibility index (Phi) is 15.1. The van der Waals surface area contributed by atoms with Crippen molar-refractivity contribution in [2.75, 3.05) is 9.80 Å². The fraction of sp³-hybridized carbons (Fsp3) is 0.310. The Hall–Kier alpha value is -6.42. The number of pyridine rings is 1. The monoisotopic (exact) mass is 1200 g/mol. The van der Waals surface area contributed by atoms with E-state index in [1.807, 2.05) is 12.3 Å². The summed E-state index contributed by atoms with van der Waals surface area (Å²) >= 11 is 0. The summed E-state index contributed by atoms with van der Waals surface area (Å²) in [5, 5.41) is 2.25. The first-order valence-electron chi connectivity index (χ1n) is 26.8. The fourth-order valence-corrected chi connectivity index (χ4v) is 10.5. The summed E-state index contributed by atoms with van der Waals surface area (Å²) in [5.41, 5.74) is 15.2. The number of anilines is 4. The quantitative estimate of drug-likeness (QED) is 0.135. The number of nitrogens with zero attached hydrogens (tertiary/aromatic N) is 4. The molecule has 6 heteroatoms. The molecule has 3 heterocycles. The molecular weight excluding hydrogens is 1120 g/mol. The maximum Gasteiger partial charge on any atom is 4.00 e. The van der Waals surface area contributed by atoms with Crippen LogP contribution in [0.5, 0.6) is 11.5 Å². The van der Waals surface area contributed by atoms with Crippen LogP contribution < -0.4 is 14.5 Å². The largest absolute Gasteiger partial charge is 4.00 e. The summed E-state index contributed by atoms with van der Waals surface area (Å²) in [7, 11) is 0. The third-order valence-electron chi connectivity index (χ3n) is 15.8. The molecule has 1 aliphatic heterocycles. The van der Waals surface area contributed by atoms with E-state index in [1.54, 1.807) is 0 Å². The zero-order valence-electron chi connectivity index (χ0n) is 48.6. The SMILES string of the molecule is CC(C)(C)c1cc(Oc2[c-]c3c(cc2)c2ccc(C(C)(C)C)cc2n3-c2cc(C(C)(C)C)ccn2)[c-]c(N2[CH-]N(c3cc(C(C)(C)c4ccccc4)cc(C(C)(C)c4ccccc4)c3)c3cc(C(C)(C)C)ccc32)c1.[CH3-].[Pt+4]. The molecule has 398 valence electrons. The minimum atomic E-state index is -0.286. The second-order valence-electron chi connectivity index (χ2n) is 26.1. The molecule has 0 saturated heterocycles. The number of hydrogen-bond donors (Lipinski definition) is 0. The predicted octanol–water partition coefficient (Wildman–Crippen LogP) is 19.3. The fourth-order valence-electron chi connectivity index (χ4n) is 10.5. The van der Waals surface area contributed by atoms with Crippen molar-refractivity contribution in [1.82, 2.24) is 9.55 Å². The van der Waals surface area contributed by atoms with E-state index in [0.717, 1.165) is 55.9 Å². The van der Waals surface area contributed by atoms with Crippen molar-refractivity contribution in [2.24, 2.45) is 0 Å². The third kappa shape index (κ3) is 10.9. The van der Waals surface area contributed by atoms with Crippen LogP contribution in [0, 0.1) is 26.2 Å². The van der Waals surface area contributed by atoms with Gasteiger partial charge in [0.05, 0.1) is 0 Å². The number of fused-ring (bicyclic) bond motifs is 4. The van der Waals surface area contributed by atoms with Crippen LogP contribution in [0.3, 0.4) is 0 Å². The molecular formula is C71H78N4OPt. The molecule has 10 rings (SSSR count). The van der Waals surface area contributed by atoms with Crippen LogP contribution in [0.25, 0.3) is 27.6 Å². The topological polar surface area (TPSA) is 33.5 Å². The maximum absolute atomic E-state index is 7.02. The van der Waals surface area contributed by atoms with Gasteiger partial charge in [-0.15, -0.1) is 53.6 Å². The molecule has 1 aliphatic rings. The van der Waals surface area contributed by atoms with Crippen molar-refractivity contribution in [3.8, 4) is 17.3 Å². The van der Waals surface area contributed by atoms with Crippen molar-refractivity contribution in [1.29, 1.82) is 0 Å². The second-order valence-corrected chi connectivity index (χ2v) is 26.1. The van der Waals surface area contributed by atoms with Crippen molar-refractivity contribution in [3.63, 3.8) is 0 Å². The number of hydrogen-bond acceptors (Lipinski definition) is 4. The number of rotatable bonds is 9. The number of aromatic nitrogens is 2. The Labute approximate surface area is 476 Å². The van der Waals surface area contributed by atoms with Crippen molar-refractivity contribution >= 4 is 44.6 Å². The van der Waals surface area contributed by atoms with Gasteiger partial charge in [0.2, 0.25) is 0 Å². The zero-order chi connectivity index (χ0) is 53.6. The van der Waals surface area contributed by atoms with E-state index in [9.17, 15) is 0 Å². The predicted molar refractivity (Wildman–Crippen MR) is 323 cm³/mol. The van der Waals surface area contributed by atoms with Gasteiger partial charge in [-0.1, -0.05) is 201 Å². The summed E-state index contributed by atoms with van der Waals surface area (Å²) in [5.74, 6) is 2.09. The number of ether oxygens (including phenoxy) is 1. The molecule has 0 atom stereocenters. The van der Waals surface area contributed by atoms with Gasteiger partial charge in [-0.25, -0.2) is 4.98 Å². The summed E-state index contributed by atoms with van der Waals surface area (Å²) in [4.78, 5) is 9.70. The molecule has 2 aromatic heterocycles. The molecule has 0 radical (unpaired) electrons. The summed E-state index contributed by atoms with van der Waals surface area (Å²) in [6.07, 6.45) is 1.93. The standard InChI is InChI=1S/C70H75N4O.CH3.Pt/c1-65(2,3)48-27-30-58-59-31-29-56(44-62(59)74(61(58)40-48)64-42-50(33-34-71-64)67(7,8)9)75-57-39-51(68(10,11)12)36-55(43-57)72-45-73(63-41-49(66(4,5)6)28-32-60(63)72)54-37-52(69(13,14)46-23-19-17-20-24-46)35-53(38-54)70(15,16)47-25-21-18-22-26-47;;/h17-42,45H,1-16H3;1H3;/q-3;-1;+4. The van der Waals surface area contributed by atoms with Crippen molar-refractivity contribution < 1.29 is 25.8 Å². The van der Waals surface area contributed by atoms with Gasteiger partial charge < -0.3 is 26.5 Å². The minimum absolute atomic E-state index is 0. The van der Waals surface area contributed by atoms with Crippen LogP contribution in [-0.4, -0.2) is 9.55 Å². The molecule has 0 unspecified atom stereocenters. The van der Waals surface area contributed by atoms with Gasteiger partial charge in [0.1, 0.15) is 5.82 Å². The molecule has 0 amide bonds. The molecule has 0 saturated carbocycles. The molecule has 0 spiro atoms. The Bertz CT molecular complexity index is 3530. The molecule has 5 nitrogen and oxygen atoms in total. The van der Waals surface area contributed by atoms with E-state index in [0.29, 0.717) is 11.5 Å². The second kappa shape index (κ2) is 20.4. The molecule has 0 fully saturated rings. The number of benzene rings is 7. The zero-order valence-corrected chi connectivity index (χ0v) is 50.9. The van der Waals surface area contributed by atoms with Gasteiger partial charge in [0, 0.05) is 51.1 Å². The van der Waals surface area contributed by atoms with Crippen LogP contribution in [0.1, 0.15) is 155 Å². The Balaban J connectivity index is 0.00000392. The summed E-state index contributed by atoms with van der Waals surface area (Å²) < 4.78 is 9.29. The summed E-state index contributed by atoms with van der Waals surface area (Å²) in [6, 6.07) is 63.4. The summed E-state index contributed by atoms with van der Waals surface area (Å²) in [6.45, 7) is 38.8.